The van der Waals surface area contributed by atoms with Gasteiger partial charge < -0.3 is 4.74 Å². The average Bonchev–Trinajstić information content (AvgIpc) is 2.46. The van der Waals surface area contributed by atoms with Crippen molar-refractivity contribution in [2.45, 2.75) is 13.5 Å². The highest BCUT2D eigenvalue weighted by atomic mass is 16.5. The fourth-order valence-electron chi connectivity index (χ4n) is 1.70. The molecule has 18 heavy (non-hydrogen) atoms. The summed E-state index contributed by atoms with van der Waals surface area (Å²) in [7, 11) is 1.68. The van der Waals surface area contributed by atoms with Crippen molar-refractivity contribution in [2.24, 2.45) is 0 Å². The molecule has 0 spiro atoms. The highest BCUT2D eigenvalue weighted by Crippen LogP contribution is 2.13. The van der Waals surface area contributed by atoms with Gasteiger partial charge in [0.25, 0.3) is 0 Å². The first-order chi connectivity index (χ1) is 8.81. The van der Waals surface area contributed by atoms with E-state index in [-0.39, 0.29) is 0 Å². The summed E-state index contributed by atoms with van der Waals surface area (Å²) < 4.78 is 7.27. The van der Waals surface area contributed by atoms with Gasteiger partial charge in [0.1, 0.15) is 12.3 Å². The van der Waals surface area contributed by atoms with Crippen molar-refractivity contribution in [3.8, 4) is 5.75 Å². The second-order valence-electron chi connectivity index (χ2n) is 4.07. The summed E-state index contributed by atoms with van der Waals surface area (Å²) in [6.45, 7) is 3.13. The fourth-order valence-corrected chi connectivity index (χ4v) is 1.70. The van der Waals surface area contributed by atoms with Gasteiger partial charge in [0, 0.05) is 12.1 Å². The predicted molar refractivity (Wildman–Crippen MR) is 74.2 cm³/mol. The van der Waals surface area contributed by atoms with E-state index in [1.54, 1.807) is 7.11 Å². The lowest BCUT2D eigenvalue weighted by atomic mass is 10.1. The Hall–Kier alpha value is -2.09. The van der Waals surface area contributed by atoms with Crippen LogP contribution in [0.3, 0.4) is 0 Å². The molecule has 0 unspecified atom stereocenters. The Labute approximate surface area is 108 Å². The second kappa shape index (κ2) is 6.01. The molecular formula is C16H18NO+. The van der Waals surface area contributed by atoms with Crippen molar-refractivity contribution < 1.29 is 9.30 Å². The highest BCUT2D eigenvalue weighted by molar-refractivity contribution is 5.69. The van der Waals surface area contributed by atoms with Gasteiger partial charge in [-0.3, -0.25) is 0 Å². The van der Waals surface area contributed by atoms with E-state index in [0.29, 0.717) is 0 Å². The van der Waals surface area contributed by atoms with E-state index in [2.05, 4.69) is 48.2 Å². The molecule has 0 fully saturated rings. The van der Waals surface area contributed by atoms with Gasteiger partial charge in [-0.05, 0) is 30.2 Å². The number of methoxy groups -OCH3 is 1. The average molecular weight is 240 g/mol. The maximum Gasteiger partial charge on any atom is 0.169 e. The van der Waals surface area contributed by atoms with Crippen LogP contribution in [0.15, 0.2) is 48.8 Å². The van der Waals surface area contributed by atoms with Crippen molar-refractivity contribution in [3.05, 3.63) is 59.9 Å². The second-order valence-corrected chi connectivity index (χ2v) is 4.07. The van der Waals surface area contributed by atoms with Crippen LogP contribution in [0.25, 0.3) is 12.2 Å². The van der Waals surface area contributed by atoms with E-state index in [4.69, 9.17) is 4.74 Å². The smallest absolute Gasteiger partial charge is 0.169 e. The molecule has 2 rings (SSSR count). The molecule has 0 saturated carbocycles. The third kappa shape index (κ3) is 3.20. The van der Waals surface area contributed by atoms with E-state index >= 15 is 0 Å². The van der Waals surface area contributed by atoms with E-state index in [0.717, 1.165) is 12.3 Å². The van der Waals surface area contributed by atoms with Crippen molar-refractivity contribution in [1.82, 2.24) is 0 Å². The van der Waals surface area contributed by atoms with Crippen LogP contribution >= 0.6 is 0 Å². The largest absolute Gasteiger partial charge is 0.497 e. The number of rotatable bonds is 4. The van der Waals surface area contributed by atoms with Gasteiger partial charge >= 0.3 is 0 Å². The molecule has 0 atom stereocenters. The van der Waals surface area contributed by atoms with Crippen LogP contribution in [0.5, 0.6) is 5.75 Å². The molecule has 1 heterocycles. The van der Waals surface area contributed by atoms with Crippen molar-refractivity contribution in [1.29, 1.82) is 0 Å². The van der Waals surface area contributed by atoms with Gasteiger partial charge in [-0.2, -0.15) is 0 Å². The zero-order valence-electron chi connectivity index (χ0n) is 10.8. The molecule has 0 radical (unpaired) electrons. The van der Waals surface area contributed by atoms with E-state index in [9.17, 15) is 0 Å². The number of hydrogen-bond donors (Lipinski definition) is 0. The number of pyridine rings is 1. The van der Waals surface area contributed by atoms with Crippen molar-refractivity contribution in [2.75, 3.05) is 7.11 Å². The minimum Gasteiger partial charge on any atom is -0.497 e. The first-order valence-corrected chi connectivity index (χ1v) is 6.13. The van der Waals surface area contributed by atoms with Crippen LogP contribution in [0.4, 0.5) is 0 Å². The van der Waals surface area contributed by atoms with Crippen LogP contribution in [-0.2, 0) is 6.54 Å². The van der Waals surface area contributed by atoms with Crippen molar-refractivity contribution >= 4 is 12.2 Å². The van der Waals surface area contributed by atoms with Crippen LogP contribution in [0, 0.1) is 0 Å². The Morgan fingerprint density at radius 3 is 2.00 bits per heavy atom. The summed E-state index contributed by atoms with van der Waals surface area (Å²) >= 11 is 0. The maximum atomic E-state index is 5.13. The lowest BCUT2D eigenvalue weighted by molar-refractivity contribution is -0.693. The summed E-state index contributed by atoms with van der Waals surface area (Å²) in [6, 6.07) is 12.3. The molecule has 92 valence electrons. The third-order valence-electron chi connectivity index (χ3n) is 2.87. The summed E-state index contributed by atoms with van der Waals surface area (Å²) in [5, 5.41) is 0. The predicted octanol–water partition coefficient (Wildman–Crippen LogP) is 3.17. The Morgan fingerprint density at radius 2 is 1.50 bits per heavy atom. The molecule has 0 aliphatic heterocycles. The SMILES string of the molecule is CC[n+]1ccc(C=Cc2ccc(OC)cc2)cc1. The van der Waals surface area contributed by atoms with Crippen LogP contribution in [-0.4, -0.2) is 7.11 Å². The molecule has 0 saturated heterocycles. The van der Waals surface area contributed by atoms with Gasteiger partial charge in [-0.15, -0.1) is 0 Å². The Bertz CT molecular complexity index is 462. The fraction of sp³-hybridized carbons (Fsp3) is 0.188. The quantitative estimate of drug-likeness (QED) is 0.748. The van der Waals surface area contributed by atoms with E-state index in [1.165, 1.54) is 11.1 Å². The first kappa shape index (κ1) is 12.4. The standard InChI is InChI=1S/C16H18NO/c1-3-17-12-10-15(11-13-17)5-4-14-6-8-16(18-2)9-7-14/h4-13H,3H2,1-2H3/q+1. The van der Waals surface area contributed by atoms with Gasteiger partial charge in [-0.25, -0.2) is 4.57 Å². The molecule has 0 N–H and O–H groups in total. The molecule has 0 aliphatic rings. The zero-order chi connectivity index (χ0) is 12.8. The first-order valence-electron chi connectivity index (χ1n) is 6.13. The van der Waals surface area contributed by atoms with Crippen molar-refractivity contribution in [3.63, 3.8) is 0 Å². The highest BCUT2D eigenvalue weighted by Gasteiger charge is 1.95. The summed E-state index contributed by atoms with van der Waals surface area (Å²) in [5.41, 5.74) is 2.37. The maximum absolute atomic E-state index is 5.13. The topological polar surface area (TPSA) is 13.1 Å². The minimum absolute atomic E-state index is 0.885. The lowest BCUT2D eigenvalue weighted by Gasteiger charge is -1.99. The Balaban J connectivity index is 2.08. The monoisotopic (exact) mass is 240 g/mol. The van der Waals surface area contributed by atoms with E-state index < -0.39 is 0 Å². The summed E-state index contributed by atoms with van der Waals surface area (Å²) in [5.74, 6) is 0.885. The lowest BCUT2D eigenvalue weighted by Crippen LogP contribution is -2.30. The zero-order valence-corrected chi connectivity index (χ0v) is 10.8. The summed E-state index contributed by atoms with van der Waals surface area (Å²) in [6.07, 6.45) is 8.40. The van der Waals surface area contributed by atoms with Gasteiger partial charge in [0.15, 0.2) is 12.4 Å². The van der Waals surface area contributed by atoms with E-state index in [1.807, 2.05) is 24.3 Å². The number of nitrogens with zero attached hydrogens (tertiary/aromatic N) is 1. The molecule has 0 aliphatic carbocycles. The number of aryl methyl sites for hydroxylation is 1. The molecule has 2 aromatic rings. The van der Waals surface area contributed by atoms with Gasteiger partial charge in [0.05, 0.1) is 7.11 Å². The molecular weight excluding hydrogens is 222 g/mol. The molecule has 0 bridgehead atoms. The Kier molecular flexibility index (Phi) is 4.13. The molecule has 1 aromatic heterocycles. The normalized spacial score (nSPS) is 10.8. The molecule has 2 heteroatoms. The summed E-state index contributed by atoms with van der Waals surface area (Å²) in [4.78, 5) is 0. The Morgan fingerprint density at radius 1 is 0.944 bits per heavy atom. The number of ether oxygens (including phenoxy) is 1. The van der Waals surface area contributed by atoms with Crippen LogP contribution < -0.4 is 9.30 Å². The third-order valence-corrected chi connectivity index (χ3v) is 2.87. The number of hydrogen-bond acceptors (Lipinski definition) is 1. The van der Waals surface area contributed by atoms with Gasteiger partial charge in [0.2, 0.25) is 0 Å². The van der Waals surface area contributed by atoms with Crippen LogP contribution in [0.1, 0.15) is 18.1 Å². The van der Waals surface area contributed by atoms with Gasteiger partial charge in [-0.1, -0.05) is 24.3 Å². The molecule has 1 aromatic carbocycles. The number of benzene rings is 1. The molecule has 0 amide bonds. The number of aromatic nitrogens is 1. The molecule has 2 nitrogen and oxygen atoms in total. The van der Waals surface area contributed by atoms with Crippen LogP contribution in [0.2, 0.25) is 0 Å². The minimum atomic E-state index is 0.885.